The molecule has 0 heterocycles. The normalized spacial score (nSPS) is 13.4. The first-order valence-corrected chi connectivity index (χ1v) is 5.33. The molecule has 1 rings (SSSR count). The predicted molar refractivity (Wildman–Crippen MR) is 59.6 cm³/mol. The molecule has 108 valence electrons. The molecular formula is C11H13F4NO3. The minimum absolute atomic E-state index is 0.00956. The summed E-state index contributed by atoms with van der Waals surface area (Å²) in [7, 11) is 0. The molecule has 0 aliphatic rings. The van der Waals surface area contributed by atoms with Crippen LogP contribution in [0.2, 0.25) is 0 Å². The predicted octanol–water partition coefficient (Wildman–Crippen LogP) is 1.69. The van der Waals surface area contributed by atoms with Gasteiger partial charge in [-0.1, -0.05) is 12.1 Å². The van der Waals surface area contributed by atoms with Crippen LogP contribution in [0.5, 0.6) is 5.75 Å². The Balaban J connectivity index is 2.78. The lowest BCUT2D eigenvalue weighted by Gasteiger charge is -2.20. The molecule has 1 atom stereocenters. The fraction of sp³-hybridized carbons (Fsp3) is 0.455. The molecule has 0 saturated heterocycles. The average Bonchev–Trinajstić information content (AvgIpc) is 2.36. The van der Waals surface area contributed by atoms with E-state index >= 15 is 0 Å². The highest BCUT2D eigenvalue weighted by molar-refractivity contribution is 5.56. The Morgan fingerprint density at radius 1 is 1.26 bits per heavy atom. The molecule has 19 heavy (non-hydrogen) atoms. The topological polar surface area (TPSA) is 61.7 Å². The van der Waals surface area contributed by atoms with E-state index in [0.717, 1.165) is 6.07 Å². The standard InChI is InChI=1S/C11H13F4NO3/c12-10(13)11(14,15)19-9-4-2-1-3-8(9)16-5-7(18)6-17/h1-4,7,10,16-18H,5-6H2. The molecular weight excluding hydrogens is 270 g/mol. The molecule has 0 radical (unpaired) electrons. The Morgan fingerprint density at radius 2 is 1.89 bits per heavy atom. The smallest absolute Gasteiger partial charge is 0.426 e. The third kappa shape index (κ3) is 4.56. The first-order valence-electron chi connectivity index (χ1n) is 5.33. The van der Waals surface area contributed by atoms with Crippen molar-refractivity contribution in [3.8, 4) is 5.75 Å². The number of benzene rings is 1. The van der Waals surface area contributed by atoms with Crippen molar-refractivity contribution in [2.75, 3.05) is 18.5 Å². The maximum Gasteiger partial charge on any atom is 0.461 e. The number of ether oxygens (including phenoxy) is 1. The van der Waals surface area contributed by atoms with Gasteiger partial charge < -0.3 is 20.3 Å². The number of hydrogen-bond acceptors (Lipinski definition) is 4. The highest BCUT2D eigenvalue weighted by atomic mass is 19.3. The second-order valence-electron chi connectivity index (χ2n) is 3.68. The van der Waals surface area contributed by atoms with Crippen molar-refractivity contribution >= 4 is 5.69 Å². The Kier molecular flexibility index (Phi) is 5.37. The summed E-state index contributed by atoms with van der Waals surface area (Å²) < 4.78 is 53.6. The van der Waals surface area contributed by atoms with Crippen LogP contribution in [-0.2, 0) is 0 Å². The van der Waals surface area contributed by atoms with Crippen molar-refractivity contribution in [3.05, 3.63) is 24.3 Å². The van der Waals surface area contributed by atoms with Crippen LogP contribution in [0.25, 0.3) is 0 Å². The number of halogens is 4. The van der Waals surface area contributed by atoms with Crippen molar-refractivity contribution in [2.45, 2.75) is 18.6 Å². The van der Waals surface area contributed by atoms with Gasteiger partial charge in [-0.15, -0.1) is 0 Å². The van der Waals surface area contributed by atoms with Crippen molar-refractivity contribution in [2.24, 2.45) is 0 Å². The minimum Gasteiger partial charge on any atom is -0.426 e. The van der Waals surface area contributed by atoms with Gasteiger partial charge in [0.05, 0.1) is 18.4 Å². The highest BCUT2D eigenvalue weighted by Crippen LogP contribution is 2.32. The molecule has 0 bridgehead atoms. The summed E-state index contributed by atoms with van der Waals surface area (Å²) in [4.78, 5) is 0. The first kappa shape index (κ1) is 15.5. The van der Waals surface area contributed by atoms with Crippen molar-refractivity contribution in [3.63, 3.8) is 0 Å². The number of aliphatic hydroxyl groups excluding tert-OH is 2. The zero-order chi connectivity index (χ0) is 14.5. The van der Waals surface area contributed by atoms with Gasteiger partial charge in [0.25, 0.3) is 0 Å². The number of nitrogens with one attached hydrogen (secondary N) is 1. The van der Waals surface area contributed by atoms with Crippen LogP contribution in [0.1, 0.15) is 0 Å². The van der Waals surface area contributed by atoms with E-state index in [1.807, 2.05) is 0 Å². The van der Waals surface area contributed by atoms with Gasteiger partial charge in [0.1, 0.15) is 5.75 Å². The van der Waals surface area contributed by atoms with Gasteiger partial charge in [-0.05, 0) is 12.1 Å². The number of para-hydroxylation sites is 2. The van der Waals surface area contributed by atoms with Crippen LogP contribution >= 0.6 is 0 Å². The molecule has 1 aromatic carbocycles. The lowest BCUT2D eigenvalue weighted by Crippen LogP contribution is -2.33. The van der Waals surface area contributed by atoms with Gasteiger partial charge in [-0.25, -0.2) is 0 Å². The second kappa shape index (κ2) is 6.58. The monoisotopic (exact) mass is 283 g/mol. The van der Waals surface area contributed by atoms with Crippen molar-refractivity contribution in [1.29, 1.82) is 0 Å². The Labute approximate surface area is 106 Å². The number of hydrogen-bond donors (Lipinski definition) is 3. The summed E-state index contributed by atoms with van der Waals surface area (Å²) in [6.07, 6.45) is -9.67. The first-order chi connectivity index (χ1) is 8.86. The Hall–Kier alpha value is -1.54. The molecule has 0 aromatic heterocycles. The number of alkyl halides is 4. The van der Waals surface area contributed by atoms with E-state index in [2.05, 4.69) is 10.1 Å². The zero-order valence-corrected chi connectivity index (χ0v) is 9.69. The van der Waals surface area contributed by atoms with Crippen LogP contribution < -0.4 is 10.1 Å². The van der Waals surface area contributed by atoms with Crippen molar-refractivity contribution in [1.82, 2.24) is 0 Å². The molecule has 4 nitrogen and oxygen atoms in total. The molecule has 0 saturated carbocycles. The molecule has 3 N–H and O–H groups in total. The third-order valence-corrected chi connectivity index (χ3v) is 2.13. The van der Waals surface area contributed by atoms with Gasteiger partial charge in [-0.3, -0.25) is 0 Å². The summed E-state index contributed by atoms with van der Waals surface area (Å²) >= 11 is 0. The molecule has 0 amide bonds. The molecule has 8 heteroatoms. The summed E-state index contributed by atoms with van der Waals surface area (Å²) in [6, 6.07) is 5.22. The van der Waals surface area contributed by atoms with Crippen LogP contribution in [0, 0.1) is 0 Å². The van der Waals surface area contributed by atoms with E-state index in [-0.39, 0.29) is 12.2 Å². The molecule has 0 aliphatic carbocycles. The average molecular weight is 283 g/mol. The van der Waals surface area contributed by atoms with Crippen LogP contribution in [0.4, 0.5) is 23.2 Å². The van der Waals surface area contributed by atoms with Gasteiger partial charge in [0.2, 0.25) is 0 Å². The lowest BCUT2D eigenvalue weighted by atomic mass is 10.2. The minimum atomic E-state index is -4.60. The maximum atomic E-state index is 12.8. The second-order valence-corrected chi connectivity index (χ2v) is 3.68. The number of aliphatic hydroxyl groups is 2. The molecule has 0 fully saturated rings. The highest BCUT2D eigenvalue weighted by Gasteiger charge is 2.44. The summed E-state index contributed by atoms with van der Waals surface area (Å²) in [6.45, 7) is -0.666. The molecule has 1 aromatic rings. The van der Waals surface area contributed by atoms with E-state index in [4.69, 9.17) is 10.2 Å². The summed E-state index contributed by atoms with van der Waals surface area (Å²) in [5.74, 6) is -0.474. The molecule has 0 spiro atoms. The fourth-order valence-corrected chi connectivity index (χ4v) is 1.19. The van der Waals surface area contributed by atoms with Crippen LogP contribution in [-0.4, -0.2) is 42.0 Å². The number of anilines is 1. The van der Waals surface area contributed by atoms with Gasteiger partial charge >= 0.3 is 12.5 Å². The number of rotatable bonds is 7. The lowest BCUT2D eigenvalue weighted by molar-refractivity contribution is -0.252. The van der Waals surface area contributed by atoms with Crippen LogP contribution in [0.3, 0.4) is 0 Å². The SMILES string of the molecule is OCC(O)CNc1ccccc1OC(F)(F)C(F)F. The summed E-state index contributed by atoms with van der Waals surface area (Å²) in [5.41, 5.74) is 0.00956. The zero-order valence-electron chi connectivity index (χ0n) is 9.69. The van der Waals surface area contributed by atoms with Gasteiger partial charge in [0.15, 0.2) is 0 Å². The largest absolute Gasteiger partial charge is 0.461 e. The maximum absolute atomic E-state index is 12.8. The van der Waals surface area contributed by atoms with E-state index in [9.17, 15) is 17.6 Å². The third-order valence-electron chi connectivity index (χ3n) is 2.13. The van der Waals surface area contributed by atoms with Gasteiger partial charge in [-0.2, -0.15) is 17.6 Å². The Morgan fingerprint density at radius 3 is 2.47 bits per heavy atom. The van der Waals surface area contributed by atoms with Crippen molar-refractivity contribution < 1.29 is 32.5 Å². The van der Waals surface area contributed by atoms with Crippen LogP contribution in [0.15, 0.2) is 24.3 Å². The van der Waals surface area contributed by atoms with E-state index in [1.54, 1.807) is 0 Å². The Bertz CT molecular complexity index is 403. The van der Waals surface area contributed by atoms with E-state index in [0.29, 0.717) is 0 Å². The van der Waals surface area contributed by atoms with Gasteiger partial charge in [0, 0.05) is 6.54 Å². The van der Waals surface area contributed by atoms with E-state index < -0.39 is 31.0 Å². The summed E-state index contributed by atoms with van der Waals surface area (Å²) in [5, 5.41) is 20.2. The molecule has 1 unspecified atom stereocenters. The quantitative estimate of drug-likeness (QED) is 0.666. The van der Waals surface area contributed by atoms with E-state index in [1.165, 1.54) is 18.2 Å². The fourth-order valence-electron chi connectivity index (χ4n) is 1.19. The molecule has 0 aliphatic heterocycles.